The first-order valence-electron chi connectivity index (χ1n) is 11.8. The number of pyridine rings is 1. The molecule has 0 bridgehead atoms. The summed E-state index contributed by atoms with van der Waals surface area (Å²) < 4.78 is 46.3. The van der Waals surface area contributed by atoms with Crippen LogP contribution < -0.4 is 5.56 Å². The normalized spacial score (nSPS) is 18.4. The molecule has 37 heavy (non-hydrogen) atoms. The number of aromatic nitrogens is 5. The first-order valence-corrected chi connectivity index (χ1v) is 11.8. The van der Waals surface area contributed by atoms with Gasteiger partial charge in [-0.25, -0.2) is 9.67 Å². The standard InChI is InChI=1S/C26H23F3N6O2/c1-15(18-8-10-21(31-12-18)26(27,28)29)35-24-22(20(34-35)14-37-13-16-5-3-2-4-6-16)25(36)33-23(32-24)19-9-7-17(19)11-30/h2-6,8,10,12,15,17,19H,7,9,13-14H2,1H3,(H,32,33,36). The first kappa shape index (κ1) is 24.6. The first-order chi connectivity index (χ1) is 17.8. The summed E-state index contributed by atoms with van der Waals surface area (Å²) in [5.41, 5.74) is 0.684. The summed E-state index contributed by atoms with van der Waals surface area (Å²) in [5, 5.41) is 14.2. The predicted molar refractivity (Wildman–Crippen MR) is 127 cm³/mol. The van der Waals surface area contributed by atoms with Crippen molar-refractivity contribution in [1.82, 2.24) is 24.7 Å². The van der Waals surface area contributed by atoms with Crippen molar-refractivity contribution in [3.63, 3.8) is 0 Å². The third-order valence-electron chi connectivity index (χ3n) is 6.72. The monoisotopic (exact) mass is 508 g/mol. The lowest BCUT2D eigenvalue weighted by Crippen LogP contribution is -2.27. The summed E-state index contributed by atoms with van der Waals surface area (Å²) in [5.74, 6) is -0.0144. The van der Waals surface area contributed by atoms with Crippen LogP contribution in [0.4, 0.5) is 13.2 Å². The van der Waals surface area contributed by atoms with E-state index in [1.54, 1.807) is 6.92 Å². The van der Waals surface area contributed by atoms with Crippen molar-refractivity contribution >= 4 is 11.0 Å². The zero-order valence-electron chi connectivity index (χ0n) is 19.9. The lowest BCUT2D eigenvalue weighted by molar-refractivity contribution is -0.141. The van der Waals surface area contributed by atoms with E-state index >= 15 is 0 Å². The fourth-order valence-corrected chi connectivity index (χ4v) is 4.46. The average molecular weight is 509 g/mol. The highest BCUT2D eigenvalue weighted by Gasteiger charge is 2.35. The number of nitriles is 1. The Morgan fingerprint density at radius 2 is 1.97 bits per heavy atom. The Balaban J connectivity index is 1.53. The Hall–Kier alpha value is -4.04. The fraction of sp³-hybridized carbons (Fsp3) is 0.346. The predicted octanol–water partition coefficient (Wildman–Crippen LogP) is 4.88. The van der Waals surface area contributed by atoms with E-state index in [-0.39, 0.29) is 29.5 Å². The molecule has 3 atom stereocenters. The van der Waals surface area contributed by atoms with Gasteiger partial charge in [0.25, 0.3) is 5.56 Å². The number of benzene rings is 1. The van der Waals surface area contributed by atoms with Crippen LogP contribution in [0.5, 0.6) is 0 Å². The maximum Gasteiger partial charge on any atom is 0.433 e. The summed E-state index contributed by atoms with van der Waals surface area (Å²) in [4.78, 5) is 24.3. The number of halogens is 3. The Bertz CT molecular complexity index is 1510. The molecule has 1 aromatic carbocycles. The molecule has 0 aliphatic heterocycles. The summed E-state index contributed by atoms with van der Waals surface area (Å²) in [6, 6.07) is 13.5. The zero-order valence-corrected chi connectivity index (χ0v) is 19.9. The smallest absolute Gasteiger partial charge is 0.370 e. The molecule has 190 valence electrons. The molecule has 3 unspecified atom stereocenters. The molecule has 1 saturated carbocycles. The van der Waals surface area contributed by atoms with Crippen LogP contribution in [0.25, 0.3) is 11.0 Å². The summed E-state index contributed by atoms with van der Waals surface area (Å²) in [7, 11) is 0. The van der Waals surface area contributed by atoms with Crippen LogP contribution >= 0.6 is 0 Å². The van der Waals surface area contributed by atoms with Crippen molar-refractivity contribution < 1.29 is 17.9 Å². The molecule has 1 fully saturated rings. The maximum atomic E-state index is 13.2. The SMILES string of the molecule is CC(c1ccc(C(F)(F)F)nc1)n1nc(COCc2ccccc2)c2c(=O)[nH]c(C3CCC3C#N)nc21. The highest BCUT2D eigenvalue weighted by Crippen LogP contribution is 2.40. The molecule has 1 N–H and O–H groups in total. The van der Waals surface area contributed by atoms with Crippen molar-refractivity contribution in [3.8, 4) is 6.07 Å². The van der Waals surface area contributed by atoms with Crippen molar-refractivity contribution in [3.05, 3.63) is 87.4 Å². The number of rotatable bonds is 7. The topological polar surface area (TPSA) is 109 Å². The lowest BCUT2D eigenvalue weighted by atomic mass is 9.74. The quantitative estimate of drug-likeness (QED) is 0.381. The average Bonchev–Trinajstić information content (AvgIpc) is 3.22. The van der Waals surface area contributed by atoms with Gasteiger partial charge in [0.05, 0.1) is 31.2 Å². The molecule has 0 amide bonds. The van der Waals surface area contributed by atoms with Gasteiger partial charge in [-0.05, 0) is 37.0 Å². The highest BCUT2D eigenvalue weighted by atomic mass is 19.4. The second kappa shape index (κ2) is 9.78. The number of fused-ring (bicyclic) bond motifs is 1. The molecule has 3 heterocycles. The minimum Gasteiger partial charge on any atom is -0.370 e. The van der Waals surface area contributed by atoms with E-state index in [9.17, 15) is 23.2 Å². The molecular weight excluding hydrogens is 485 g/mol. The van der Waals surface area contributed by atoms with E-state index in [1.807, 2.05) is 30.3 Å². The largest absolute Gasteiger partial charge is 0.433 e. The van der Waals surface area contributed by atoms with Gasteiger partial charge in [0.1, 0.15) is 22.6 Å². The Kier molecular flexibility index (Phi) is 6.52. The van der Waals surface area contributed by atoms with Gasteiger partial charge in [0.2, 0.25) is 0 Å². The number of nitrogens with one attached hydrogen (secondary N) is 1. The minimum atomic E-state index is -4.55. The van der Waals surface area contributed by atoms with E-state index in [4.69, 9.17) is 4.74 Å². The highest BCUT2D eigenvalue weighted by molar-refractivity contribution is 5.77. The van der Waals surface area contributed by atoms with Crippen LogP contribution in [0.2, 0.25) is 0 Å². The molecule has 0 radical (unpaired) electrons. The second-order valence-corrected chi connectivity index (χ2v) is 9.09. The number of ether oxygens (including phenoxy) is 1. The van der Waals surface area contributed by atoms with E-state index in [0.29, 0.717) is 23.7 Å². The van der Waals surface area contributed by atoms with E-state index in [0.717, 1.165) is 30.7 Å². The summed E-state index contributed by atoms with van der Waals surface area (Å²) in [6.45, 7) is 2.09. The molecule has 0 spiro atoms. The van der Waals surface area contributed by atoms with Gasteiger partial charge in [0, 0.05) is 12.1 Å². The minimum absolute atomic E-state index is 0.0325. The van der Waals surface area contributed by atoms with Crippen LogP contribution in [0, 0.1) is 17.2 Å². The molecule has 1 aliphatic carbocycles. The number of hydrogen-bond donors (Lipinski definition) is 1. The van der Waals surface area contributed by atoms with Gasteiger partial charge in [-0.3, -0.25) is 9.78 Å². The molecular formula is C26H23F3N6O2. The molecule has 8 nitrogen and oxygen atoms in total. The van der Waals surface area contributed by atoms with Crippen molar-refractivity contribution in [2.24, 2.45) is 5.92 Å². The zero-order chi connectivity index (χ0) is 26.2. The lowest BCUT2D eigenvalue weighted by Gasteiger charge is -2.30. The van der Waals surface area contributed by atoms with Gasteiger partial charge in [-0.1, -0.05) is 36.4 Å². The molecule has 1 aliphatic rings. The van der Waals surface area contributed by atoms with Gasteiger partial charge >= 0.3 is 6.18 Å². The fourth-order valence-electron chi connectivity index (χ4n) is 4.46. The van der Waals surface area contributed by atoms with Gasteiger partial charge < -0.3 is 9.72 Å². The Morgan fingerprint density at radius 1 is 1.19 bits per heavy atom. The van der Waals surface area contributed by atoms with Crippen LogP contribution in [0.3, 0.4) is 0 Å². The molecule has 4 aromatic rings. The van der Waals surface area contributed by atoms with Crippen LogP contribution in [0.15, 0.2) is 53.5 Å². The van der Waals surface area contributed by atoms with E-state index < -0.39 is 23.5 Å². The van der Waals surface area contributed by atoms with Crippen LogP contribution in [-0.2, 0) is 24.1 Å². The number of alkyl halides is 3. The second-order valence-electron chi connectivity index (χ2n) is 9.09. The van der Waals surface area contributed by atoms with E-state index in [2.05, 4.69) is 26.1 Å². The van der Waals surface area contributed by atoms with Gasteiger partial charge in [-0.15, -0.1) is 0 Å². The summed E-state index contributed by atoms with van der Waals surface area (Å²) in [6.07, 6.45) is -1.94. The summed E-state index contributed by atoms with van der Waals surface area (Å²) >= 11 is 0. The maximum absolute atomic E-state index is 13.2. The molecule has 5 rings (SSSR count). The van der Waals surface area contributed by atoms with Crippen molar-refractivity contribution in [2.45, 2.75) is 51.1 Å². The Labute approximate surface area is 209 Å². The van der Waals surface area contributed by atoms with Gasteiger partial charge in [-0.2, -0.15) is 23.5 Å². The van der Waals surface area contributed by atoms with Gasteiger partial charge in [0.15, 0.2) is 5.65 Å². The number of aromatic amines is 1. The third kappa shape index (κ3) is 4.84. The third-order valence-corrected chi connectivity index (χ3v) is 6.72. The number of hydrogen-bond acceptors (Lipinski definition) is 6. The van der Waals surface area contributed by atoms with E-state index in [1.165, 1.54) is 10.7 Å². The van der Waals surface area contributed by atoms with Crippen molar-refractivity contribution in [2.75, 3.05) is 0 Å². The molecule has 0 saturated heterocycles. The number of nitrogens with zero attached hydrogens (tertiary/aromatic N) is 5. The number of H-pyrrole nitrogens is 1. The molecule has 3 aromatic heterocycles. The van der Waals surface area contributed by atoms with Crippen LogP contribution in [0.1, 0.15) is 60.1 Å². The van der Waals surface area contributed by atoms with Crippen LogP contribution in [-0.4, -0.2) is 24.7 Å². The van der Waals surface area contributed by atoms with Crippen molar-refractivity contribution in [1.29, 1.82) is 5.26 Å². The Morgan fingerprint density at radius 3 is 2.59 bits per heavy atom. The molecule has 11 heteroatoms.